The van der Waals surface area contributed by atoms with Gasteiger partial charge in [0.2, 0.25) is 5.28 Å². The molecule has 2 heterocycles. The summed E-state index contributed by atoms with van der Waals surface area (Å²) in [6.07, 6.45) is 0. The van der Waals surface area contributed by atoms with Gasteiger partial charge in [-0.2, -0.15) is 9.97 Å². The first kappa shape index (κ1) is 26.9. The van der Waals surface area contributed by atoms with Gasteiger partial charge < -0.3 is 0 Å². The molecule has 9 rings (SSSR count). The zero-order chi connectivity index (χ0) is 30.6. The summed E-state index contributed by atoms with van der Waals surface area (Å²) in [6.45, 7) is 0. The molecule has 0 aliphatic rings. The van der Waals surface area contributed by atoms with E-state index in [1.807, 2.05) is 12.1 Å². The maximum atomic E-state index is 6.54. The smallest absolute Gasteiger partial charge is 0.208 e. The Balaban J connectivity index is 1.11. The third-order valence-corrected chi connectivity index (χ3v) is 10.0. The summed E-state index contributed by atoms with van der Waals surface area (Å²) in [5.74, 6) is 1.12. The third-order valence-electron chi connectivity index (χ3n) is 8.65. The van der Waals surface area contributed by atoms with E-state index in [1.54, 1.807) is 11.3 Å². The molecule has 46 heavy (non-hydrogen) atoms. The van der Waals surface area contributed by atoms with E-state index in [1.165, 1.54) is 48.1 Å². The Kier molecular flexibility index (Phi) is 6.37. The van der Waals surface area contributed by atoms with E-state index in [2.05, 4.69) is 143 Å². The Labute approximate surface area is 274 Å². The van der Waals surface area contributed by atoms with Crippen molar-refractivity contribution in [3.63, 3.8) is 0 Å². The number of benzene rings is 7. The minimum absolute atomic E-state index is 0.176. The van der Waals surface area contributed by atoms with E-state index in [0.29, 0.717) is 11.6 Å². The first-order chi connectivity index (χ1) is 22.7. The molecule has 0 spiro atoms. The standard InChI is InChI=1S/C41H24ClN3S/c42-41-44-39(43-40(45-41)36-16-7-15-35-34-13-3-4-17-37(34)46-38(35)36)30-11-5-10-27(22-30)28-20-18-25-19-21-29(24-31(25)23-28)33-14-6-9-26-8-1-2-12-32(26)33/h1-24H. The Bertz CT molecular complexity index is 2620. The number of nitrogens with zero attached hydrogens (tertiary/aromatic N) is 3. The summed E-state index contributed by atoms with van der Waals surface area (Å²) < 4.78 is 2.38. The van der Waals surface area contributed by atoms with Gasteiger partial charge in [0.15, 0.2) is 11.6 Å². The molecule has 0 amide bonds. The molecule has 0 unspecified atom stereocenters. The van der Waals surface area contributed by atoms with Crippen LogP contribution >= 0.6 is 22.9 Å². The second-order valence-electron chi connectivity index (χ2n) is 11.4. The van der Waals surface area contributed by atoms with Gasteiger partial charge in [-0.15, -0.1) is 11.3 Å². The SMILES string of the molecule is Clc1nc(-c2cccc(-c3ccc4ccc(-c5cccc6ccccc56)cc4c3)c2)nc(-c2cccc3c2sc2ccccc23)n1. The predicted octanol–water partition coefficient (Wildman–Crippen LogP) is 11.9. The summed E-state index contributed by atoms with van der Waals surface area (Å²) in [7, 11) is 0. The van der Waals surface area contributed by atoms with E-state index < -0.39 is 0 Å². The molecule has 0 N–H and O–H groups in total. The molecule has 0 fully saturated rings. The minimum atomic E-state index is 0.176. The lowest BCUT2D eigenvalue weighted by Gasteiger charge is -2.10. The molecular formula is C41H24ClN3S. The van der Waals surface area contributed by atoms with E-state index >= 15 is 0 Å². The molecular weight excluding hydrogens is 602 g/mol. The second kappa shape index (κ2) is 10.9. The Hall–Kier alpha value is -5.42. The minimum Gasteiger partial charge on any atom is -0.208 e. The normalized spacial score (nSPS) is 11.6. The summed E-state index contributed by atoms with van der Waals surface area (Å²) >= 11 is 8.29. The molecule has 2 aromatic heterocycles. The van der Waals surface area contributed by atoms with E-state index in [-0.39, 0.29) is 5.28 Å². The van der Waals surface area contributed by atoms with Gasteiger partial charge in [0.05, 0.1) is 0 Å². The van der Waals surface area contributed by atoms with E-state index in [4.69, 9.17) is 16.6 Å². The molecule has 7 aromatic carbocycles. The van der Waals surface area contributed by atoms with E-state index in [0.717, 1.165) is 27.0 Å². The average Bonchev–Trinajstić information content (AvgIpc) is 3.50. The number of halogens is 1. The van der Waals surface area contributed by atoms with Crippen molar-refractivity contribution in [2.75, 3.05) is 0 Å². The highest BCUT2D eigenvalue weighted by Gasteiger charge is 2.15. The fraction of sp³-hybridized carbons (Fsp3) is 0. The quantitative estimate of drug-likeness (QED) is 0.195. The lowest BCUT2D eigenvalue weighted by molar-refractivity contribution is 1.07. The van der Waals surface area contributed by atoms with Crippen molar-refractivity contribution in [3.8, 4) is 45.0 Å². The van der Waals surface area contributed by atoms with Crippen LogP contribution < -0.4 is 0 Å². The predicted molar refractivity (Wildman–Crippen MR) is 194 cm³/mol. The fourth-order valence-corrected chi connectivity index (χ4v) is 7.80. The zero-order valence-electron chi connectivity index (χ0n) is 24.5. The van der Waals surface area contributed by atoms with E-state index in [9.17, 15) is 0 Å². The van der Waals surface area contributed by atoms with Crippen LogP contribution in [-0.4, -0.2) is 15.0 Å². The van der Waals surface area contributed by atoms with Gasteiger partial charge in [0.1, 0.15) is 0 Å². The number of thiophene rings is 1. The number of aromatic nitrogens is 3. The van der Waals surface area contributed by atoms with Gasteiger partial charge >= 0.3 is 0 Å². The maximum Gasteiger partial charge on any atom is 0.226 e. The molecule has 0 aliphatic carbocycles. The van der Waals surface area contributed by atoms with Gasteiger partial charge in [0.25, 0.3) is 0 Å². The molecule has 5 heteroatoms. The lowest BCUT2D eigenvalue weighted by Crippen LogP contribution is -1.97. The first-order valence-electron chi connectivity index (χ1n) is 15.1. The highest BCUT2D eigenvalue weighted by Crippen LogP contribution is 2.39. The van der Waals surface area contributed by atoms with Gasteiger partial charge in [-0.25, -0.2) is 4.98 Å². The van der Waals surface area contributed by atoms with Crippen molar-refractivity contribution < 1.29 is 0 Å². The van der Waals surface area contributed by atoms with Gasteiger partial charge in [-0.3, -0.25) is 0 Å². The van der Waals surface area contributed by atoms with Crippen LogP contribution in [0.25, 0.3) is 86.7 Å². The topological polar surface area (TPSA) is 38.7 Å². The van der Waals surface area contributed by atoms with Gasteiger partial charge in [-0.05, 0) is 85.7 Å². The summed E-state index contributed by atoms with van der Waals surface area (Å²) in [5, 5.41) is 7.49. The number of hydrogen-bond donors (Lipinski definition) is 0. The summed E-state index contributed by atoms with van der Waals surface area (Å²) in [4.78, 5) is 14.1. The van der Waals surface area contributed by atoms with Crippen LogP contribution in [0, 0.1) is 0 Å². The Morgan fingerprint density at radius 3 is 2.00 bits per heavy atom. The van der Waals surface area contributed by atoms with Crippen LogP contribution in [0.5, 0.6) is 0 Å². The van der Waals surface area contributed by atoms with Crippen molar-refractivity contribution in [1.82, 2.24) is 15.0 Å². The molecule has 3 nitrogen and oxygen atoms in total. The van der Waals surface area contributed by atoms with Crippen LogP contribution in [0.4, 0.5) is 0 Å². The highest BCUT2D eigenvalue weighted by atomic mass is 35.5. The van der Waals surface area contributed by atoms with Crippen molar-refractivity contribution in [2.24, 2.45) is 0 Å². The molecule has 0 aliphatic heterocycles. The fourth-order valence-electron chi connectivity index (χ4n) is 6.43. The Morgan fingerprint density at radius 1 is 0.413 bits per heavy atom. The summed E-state index contributed by atoms with van der Waals surface area (Å²) in [6, 6.07) is 51.4. The molecule has 0 saturated carbocycles. The van der Waals surface area contributed by atoms with Crippen molar-refractivity contribution in [2.45, 2.75) is 0 Å². The number of rotatable bonds is 4. The number of fused-ring (bicyclic) bond motifs is 5. The molecule has 216 valence electrons. The summed E-state index contributed by atoms with van der Waals surface area (Å²) in [5.41, 5.74) is 6.49. The van der Waals surface area contributed by atoms with Crippen LogP contribution in [0.15, 0.2) is 146 Å². The third kappa shape index (κ3) is 4.62. The lowest BCUT2D eigenvalue weighted by atomic mass is 9.94. The monoisotopic (exact) mass is 625 g/mol. The highest BCUT2D eigenvalue weighted by molar-refractivity contribution is 7.26. The maximum absolute atomic E-state index is 6.54. The Morgan fingerprint density at radius 2 is 1.07 bits per heavy atom. The molecule has 0 saturated heterocycles. The molecule has 0 bridgehead atoms. The van der Waals surface area contributed by atoms with Gasteiger partial charge in [0, 0.05) is 31.3 Å². The van der Waals surface area contributed by atoms with Crippen molar-refractivity contribution >= 4 is 64.7 Å². The zero-order valence-corrected chi connectivity index (χ0v) is 26.1. The molecule has 9 aromatic rings. The largest absolute Gasteiger partial charge is 0.226 e. The molecule has 0 radical (unpaired) electrons. The molecule has 0 atom stereocenters. The van der Waals surface area contributed by atoms with Crippen molar-refractivity contribution in [1.29, 1.82) is 0 Å². The van der Waals surface area contributed by atoms with Crippen LogP contribution in [-0.2, 0) is 0 Å². The van der Waals surface area contributed by atoms with Crippen LogP contribution in [0.1, 0.15) is 0 Å². The average molecular weight is 626 g/mol. The first-order valence-corrected chi connectivity index (χ1v) is 16.3. The second-order valence-corrected chi connectivity index (χ2v) is 12.8. The number of hydrogen-bond acceptors (Lipinski definition) is 4. The van der Waals surface area contributed by atoms with Gasteiger partial charge in [-0.1, -0.05) is 115 Å². The van der Waals surface area contributed by atoms with Crippen LogP contribution in [0.2, 0.25) is 5.28 Å². The van der Waals surface area contributed by atoms with Crippen LogP contribution in [0.3, 0.4) is 0 Å². The van der Waals surface area contributed by atoms with Crippen molar-refractivity contribution in [3.05, 3.63) is 151 Å².